The van der Waals surface area contributed by atoms with Crippen LogP contribution >= 0.6 is 0 Å². The van der Waals surface area contributed by atoms with Crippen LogP contribution in [0.5, 0.6) is 5.75 Å². The number of aromatic nitrogens is 1. The first-order valence-electron chi connectivity index (χ1n) is 12.7. The number of oxime groups is 1. The van der Waals surface area contributed by atoms with E-state index in [1.54, 1.807) is 48.8 Å². The molecular weight excluding hydrogens is 514 g/mol. The minimum absolute atomic E-state index is 0.0628. The number of anilines is 1. The second kappa shape index (κ2) is 13.3. The van der Waals surface area contributed by atoms with Crippen LogP contribution in [-0.2, 0) is 14.4 Å². The Hall–Kier alpha value is -4.77. The molecule has 1 aliphatic rings. The number of aliphatic hydroxyl groups excluding tert-OH is 1. The minimum Gasteiger partial charge on any atom is -0.491 e. The maximum Gasteiger partial charge on any atom is 0.254 e. The van der Waals surface area contributed by atoms with E-state index >= 15 is 0 Å². The van der Waals surface area contributed by atoms with Crippen molar-refractivity contribution >= 4 is 29.1 Å². The maximum absolute atomic E-state index is 13.4. The summed E-state index contributed by atoms with van der Waals surface area (Å²) < 4.78 is 5.58. The Morgan fingerprint density at radius 2 is 1.85 bits per heavy atom. The van der Waals surface area contributed by atoms with Gasteiger partial charge in [0.2, 0.25) is 11.8 Å². The zero-order valence-electron chi connectivity index (χ0n) is 22.2. The molecule has 40 heavy (non-hydrogen) atoms. The van der Waals surface area contributed by atoms with E-state index in [0.717, 1.165) is 11.1 Å². The van der Waals surface area contributed by atoms with Crippen LogP contribution in [-0.4, -0.2) is 77.4 Å². The molecule has 3 amide bonds. The summed E-state index contributed by atoms with van der Waals surface area (Å²) in [6.07, 6.45) is 2.66. The lowest BCUT2D eigenvalue weighted by Gasteiger charge is -2.24. The van der Waals surface area contributed by atoms with Gasteiger partial charge in [-0.2, -0.15) is 0 Å². The first-order chi connectivity index (χ1) is 19.3. The van der Waals surface area contributed by atoms with Gasteiger partial charge in [-0.05, 0) is 53.6 Å². The molecule has 0 aliphatic carbocycles. The number of nitrogens with zero attached hydrogens (tertiary/aromatic N) is 3. The Morgan fingerprint density at radius 1 is 1.10 bits per heavy atom. The largest absolute Gasteiger partial charge is 0.491 e. The third-order valence-electron chi connectivity index (χ3n) is 6.20. The van der Waals surface area contributed by atoms with E-state index in [9.17, 15) is 19.5 Å². The fourth-order valence-corrected chi connectivity index (χ4v) is 4.28. The highest BCUT2D eigenvalue weighted by Crippen LogP contribution is 2.23. The molecule has 11 nitrogen and oxygen atoms in total. The van der Waals surface area contributed by atoms with Crippen molar-refractivity contribution in [3.8, 4) is 16.9 Å². The molecule has 1 fully saturated rings. The maximum atomic E-state index is 13.4. The van der Waals surface area contributed by atoms with Gasteiger partial charge < -0.3 is 30.2 Å². The Bertz CT molecular complexity index is 1350. The van der Waals surface area contributed by atoms with E-state index in [1.807, 2.05) is 24.3 Å². The van der Waals surface area contributed by atoms with E-state index in [2.05, 4.69) is 20.8 Å². The lowest BCUT2D eigenvalue weighted by molar-refractivity contribution is -0.125. The predicted molar refractivity (Wildman–Crippen MR) is 149 cm³/mol. The average Bonchev–Trinajstić information content (AvgIpc) is 3.39. The van der Waals surface area contributed by atoms with E-state index in [-0.39, 0.29) is 37.9 Å². The van der Waals surface area contributed by atoms with Crippen molar-refractivity contribution in [2.75, 3.05) is 32.1 Å². The van der Waals surface area contributed by atoms with Crippen molar-refractivity contribution in [3.05, 3.63) is 78.6 Å². The molecule has 2 heterocycles. The van der Waals surface area contributed by atoms with Gasteiger partial charge in [-0.3, -0.25) is 19.4 Å². The van der Waals surface area contributed by atoms with Gasteiger partial charge in [0.05, 0.1) is 12.3 Å². The predicted octanol–water partition coefficient (Wildman–Crippen LogP) is 2.48. The van der Waals surface area contributed by atoms with Gasteiger partial charge in [0, 0.05) is 43.5 Å². The lowest BCUT2D eigenvalue weighted by atomic mass is 10.0. The third kappa shape index (κ3) is 7.41. The van der Waals surface area contributed by atoms with Crippen LogP contribution in [0.2, 0.25) is 0 Å². The van der Waals surface area contributed by atoms with Crippen LogP contribution in [0.25, 0.3) is 11.1 Å². The molecular formula is C29H31N5O6. The summed E-state index contributed by atoms with van der Waals surface area (Å²) in [5, 5.41) is 19.7. The fraction of sp³-hybridized carbons (Fsp3) is 0.276. The minimum atomic E-state index is -0.989. The molecule has 11 heteroatoms. The topological polar surface area (TPSA) is 142 Å². The van der Waals surface area contributed by atoms with Crippen molar-refractivity contribution in [2.24, 2.45) is 5.16 Å². The highest BCUT2D eigenvalue weighted by Gasteiger charge is 2.38. The third-order valence-corrected chi connectivity index (χ3v) is 6.20. The Kier molecular flexibility index (Phi) is 9.42. The quantitative estimate of drug-likeness (QED) is 0.332. The number of carbonyl (C=O) groups excluding carboxylic acids is 3. The monoisotopic (exact) mass is 545 g/mol. The van der Waals surface area contributed by atoms with Gasteiger partial charge in [0.25, 0.3) is 5.91 Å². The van der Waals surface area contributed by atoms with Crippen molar-refractivity contribution in [1.29, 1.82) is 0 Å². The number of ether oxygens (including phenoxy) is 1. The van der Waals surface area contributed by atoms with Gasteiger partial charge in [-0.15, -0.1) is 0 Å². The van der Waals surface area contributed by atoms with E-state index in [4.69, 9.17) is 9.57 Å². The van der Waals surface area contributed by atoms with Crippen molar-refractivity contribution in [2.45, 2.75) is 25.5 Å². The summed E-state index contributed by atoms with van der Waals surface area (Å²) in [7, 11) is 1.41. The number of carbonyl (C=O) groups is 3. The molecule has 1 aliphatic heterocycles. The molecule has 1 aromatic heterocycles. The summed E-state index contributed by atoms with van der Waals surface area (Å²) in [5.74, 6) is -0.408. The highest BCUT2D eigenvalue weighted by atomic mass is 16.6. The summed E-state index contributed by atoms with van der Waals surface area (Å²) in [4.78, 5) is 48.1. The molecule has 0 saturated carbocycles. The van der Waals surface area contributed by atoms with Crippen LogP contribution in [0, 0.1) is 0 Å². The summed E-state index contributed by atoms with van der Waals surface area (Å²) >= 11 is 0. The number of amides is 3. The highest BCUT2D eigenvalue weighted by molar-refractivity contribution is 6.05. The number of likely N-dealkylation sites (tertiary alicyclic amines) is 1. The molecule has 1 saturated heterocycles. The number of rotatable bonds is 10. The smallest absolute Gasteiger partial charge is 0.254 e. The summed E-state index contributed by atoms with van der Waals surface area (Å²) in [6, 6.07) is 16.8. The molecule has 0 radical (unpaired) electrons. The van der Waals surface area contributed by atoms with E-state index in [0.29, 0.717) is 22.7 Å². The molecule has 2 aromatic carbocycles. The molecule has 4 rings (SSSR count). The Morgan fingerprint density at radius 3 is 2.50 bits per heavy atom. The van der Waals surface area contributed by atoms with Gasteiger partial charge in [0.15, 0.2) is 0 Å². The number of nitrogens with one attached hydrogen (secondary N) is 2. The van der Waals surface area contributed by atoms with E-state index < -0.39 is 18.1 Å². The number of hydrogen-bond donors (Lipinski definition) is 3. The molecule has 2 atom stereocenters. The zero-order valence-corrected chi connectivity index (χ0v) is 22.2. The molecule has 0 spiro atoms. The van der Waals surface area contributed by atoms with Crippen molar-refractivity contribution in [1.82, 2.24) is 15.2 Å². The zero-order chi connectivity index (χ0) is 28.5. The molecule has 1 unspecified atom stereocenters. The number of hydrogen-bond acceptors (Lipinski definition) is 8. The normalized spacial score (nSPS) is 16.3. The van der Waals surface area contributed by atoms with Gasteiger partial charge in [-0.25, -0.2) is 0 Å². The van der Waals surface area contributed by atoms with Gasteiger partial charge in [-0.1, -0.05) is 23.4 Å². The standard InChI is InChI=1S/C29H31N5O6/c1-19(35)32-23-9-11-26(12-10-23)40-18-25(36)16-31-28(37)27-14-24(33-39-2)17-34(27)29(38)21-7-5-20(6-8-21)22-4-3-13-30-15-22/h3-13,15,25,27,36H,14,16-18H2,1-2H3,(H,31,37)(H,32,35)/t25?,27-/m0/s1. The SMILES string of the molecule is CON=C1C[C@@H](C(=O)NCC(O)COc2ccc(NC(C)=O)cc2)N(C(=O)c2ccc(-c3cccnc3)cc2)C1. The van der Waals surface area contributed by atoms with Crippen LogP contribution in [0.3, 0.4) is 0 Å². The van der Waals surface area contributed by atoms with Crippen molar-refractivity contribution in [3.63, 3.8) is 0 Å². The first-order valence-corrected chi connectivity index (χ1v) is 12.7. The number of benzene rings is 2. The average molecular weight is 546 g/mol. The second-order valence-corrected chi connectivity index (χ2v) is 9.23. The van der Waals surface area contributed by atoms with Gasteiger partial charge >= 0.3 is 0 Å². The van der Waals surface area contributed by atoms with Gasteiger partial charge in [0.1, 0.15) is 31.6 Å². The fourth-order valence-electron chi connectivity index (χ4n) is 4.28. The van der Waals surface area contributed by atoms with Crippen LogP contribution < -0.4 is 15.4 Å². The van der Waals surface area contributed by atoms with Crippen LogP contribution in [0.4, 0.5) is 5.69 Å². The molecule has 3 N–H and O–H groups in total. The second-order valence-electron chi connectivity index (χ2n) is 9.23. The van der Waals surface area contributed by atoms with Crippen LogP contribution in [0.15, 0.2) is 78.2 Å². The van der Waals surface area contributed by atoms with Crippen molar-refractivity contribution < 1.29 is 29.1 Å². The summed E-state index contributed by atoms with van der Waals surface area (Å²) in [5.41, 5.74) is 3.47. The Labute approximate surface area is 231 Å². The van der Waals surface area contributed by atoms with E-state index in [1.165, 1.54) is 18.9 Å². The number of aliphatic hydroxyl groups is 1. The Balaban J connectivity index is 1.34. The van der Waals surface area contributed by atoms with Crippen LogP contribution in [0.1, 0.15) is 23.7 Å². The number of pyridine rings is 1. The first kappa shape index (κ1) is 28.2. The molecule has 0 bridgehead atoms. The molecule has 3 aromatic rings. The molecule has 208 valence electrons. The lowest BCUT2D eigenvalue weighted by Crippen LogP contribution is -2.48. The summed E-state index contributed by atoms with van der Waals surface area (Å²) in [6.45, 7) is 1.43.